The molecule has 2 aromatic rings. The number of ketones is 1. The zero-order chi connectivity index (χ0) is 22.5. The molecular formula is C24H28N2O5. The van der Waals surface area contributed by atoms with Crippen molar-refractivity contribution in [2.75, 3.05) is 41.4 Å². The van der Waals surface area contributed by atoms with Crippen molar-refractivity contribution in [3.8, 4) is 11.5 Å². The highest BCUT2D eigenvalue weighted by Crippen LogP contribution is 2.40. The van der Waals surface area contributed by atoms with E-state index in [0.29, 0.717) is 30.0 Å². The summed E-state index contributed by atoms with van der Waals surface area (Å²) in [5.74, 6) is -0.297. The molecule has 0 unspecified atom stereocenters. The van der Waals surface area contributed by atoms with Crippen LogP contribution in [0.15, 0.2) is 54.1 Å². The molecule has 1 aliphatic heterocycles. The van der Waals surface area contributed by atoms with Gasteiger partial charge in [-0.1, -0.05) is 24.3 Å². The number of likely N-dealkylation sites (tertiary alicyclic amines) is 1. The van der Waals surface area contributed by atoms with Crippen LogP contribution in [0.2, 0.25) is 0 Å². The van der Waals surface area contributed by atoms with Gasteiger partial charge >= 0.3 is 0 Å². The van der Waals surface area contributed by atoms with E-state index in [4.69, 9.17) is 9.47 Å². The van der Waals surface area contributed by atoms with Gasteiger partial charge in [0, 0.05) is 12.1 Å². The molecule has 0 aliphatic carbocycles. The van der Waals surface area contributed by atoms with E-state index < -0.39 is 17.7 Å². The Labute approximate surface area is 182 Å². The molecule has 7 heteroatoms. The molecule has 0 aromatic heterocycles. The molecule has 1 N–H and O–H groups in total. The van der Waals surface area contributed by atoms with Crippen LogP contribution in [0.3, 0.4) is 0 Å². The first-order valence-corrected chi connectivity index (χ1v) is 10.1. The second-order valence-electron chi connectivity index (χ2n) is 7.65. The summed E-state index contributed by atoms with van der Waals surface area (Å²) in [4.78, 5) is 29.5. The number of amides is 1. The highest BCUT2D eigenvalue weighted by molar-refractivity contribution is 6.46. The molecule has 0 saturated carbocycles. The lowest BCUT2D eigenvalue weighted by Gasteiger charge is -2.26. The third-order valence-corrected chi connectivity index (χ3v) is 5.32. The molecule has 7 nitrogen and oxygen atoms in total. The Hall–Kier alpha value is -3.32. The number of ether oxygens (including phenoxy) is 2. The number of nitrogens with zero attached hydrogens (tertiary/aromatic N) is 2. The van der Waals surface area contributed by atoms with Crippen molar-refractivity contribution in [1.29, 1.82) is 0 Å². The van der Waals surface area contributed by atoms with E-state index in [1.54, 1.807) is 48.4 Å². The molecule has 1 fully saturated rings. The normalized spacial score (nSPS) is 18.0. The van der Waals surface area contributed by atoms with E-state index in [-0.39, 0.29) is 11.3 Å². The Morgan fingerprint density at radius 3 is 2.32 bits per heavy atom. The zero-order valence-electron chi connectivity index (χ0n) is 18.3. The molecule has 0 radical (unpaired) electrons. The van der Waals surface area contributed by atoms with Crippen LogP contribution < -0.4 is 9.47 Å². The van der Waals surface area contributed by atoms with Gasteiger partial charge in [0.05, 0.1) is 25.8 Å². The third-order valence-electron chi connectivity index (χ3n) is 5.32. The zero-order valence-corrected chi connectivity index (χ0v) is 18.3. The summed E-state index contributed by atoms with van der Waals surface area (Å²) in [6, 6.07) is 13.3. The monoisotopic (exact) mass is 424 g/mol. The van der Waals surface area contributed by atoms with Gasteiger partial charge in [0.15, 0.2) is 0 Å². The predicted octanol–water partition coefficient (Wildman–Crippen LogP) is 3.08. The van der Waals surface area contributed by atoms with Gasteiger partial charge in [-0.3, -0.25) is 9.59 Å². The number of aliphatic hydroxyl groups is 1. The molecule has 2 aromatic carbocycles. The SMILES string of the molecule is COc1ccc([C@H]2C(=C(O)c3cccc(OC)c3)C(=O)C(=O)N2CCCN(C)C)cc1. The third kappa shape index (κ3) is 4.72. The Balaban J connectivity index is 2.09. The highest BCUT2D eigenvalue weighted by atomic mass is 16.5. The maximum Gasteiger partial charge on any atom is 0.295 e. The average Bonchev–Trinajstić information content (AvgIpc) is 3.03. The number of hydrogen-bond acceptors (Lipinski definition) is 6. The Kier molecular flexibility index (Phi) is 6.97. The van der Waals surface area contributed by atoms with Gasteiger partial charge < -0.3 is 24.4 Å². The minimum absolute atomic E-state index is 0.0771. The standard InChI is InChI=1S/C24H28N2O5/c1-25(2)13-6-14-26-21(16-9-11-18(30-3)12-10-16)20(23(28)24(26)29)22(27)17-7-5-8-19(15-17)31-4/h5,7-12,15,21,27H,6,13-14H2,1-4H3/t21-/m0/s1. The molecule has 1 saturated heterocycles. The largest absolute Gasteiger partial charge is 0.507 e. The number of carbonyl (C=O) groups is 2. The second-order valence-corrected chi connectivity index (χ2v) is 7.65. The minimum atomic E-state index is -0.689. The lowest BCUT2D eigenvalue weighted by molar-refractivity contribution is -0.139. The van der Waals surface area contributed by atoms with Crippen LogP contribution in [0.1, 0.15) is 23.6 Å². The molecule has 1 atom stereocenters. The Morgan fingerprint density at radius 2 is 1.71 bits per heavy atom. The molecule has 31 heavy (non-hydrogen) atoms. The number of hydrogen-bond donors (Lipinski definition) is 1. The summed E-state index contributed by atoms with van der Waals surface area (Å²) in [7, 11) is 7.01. The van der Waals surface area contributed by atoms with Gasteiger partial charge in [-0.15, -0.1) is 0 Å². The van der Waals surface area contributed by atoms with Crippen molar-refractivity contribution < 1.29 is 24.2 Å². The summed E-state index contributed by atoms with van der Waals surface area (Å²) in [6.45, 7) is 1.17. The fourth-order valence-corrected chi connectivity index (χ4v) is 3.73. The maximum absolute atomic E-state index is 13.0. The topological polar surface area (TPSA) is 79.3 Å². The number of carbonyl (C=O) groups excluding carboxylic acids is 2. The van der Waals surface area contributed by atoms with Crippen molar-refractivity contribution in [3.05, 3.63) is 65.2 Å². The van der Waals surface area contributed by atoms with Crippen LogP contribution in [0, 0.1) is 0 Å². The lowest BCUT2D eigenvalue weighted by Crippen LogP contribution is -2.32. The van der Waals surface area contributed by atoms with E-state index in [1.807, 2.05) is 31.1 Å². The number of aliphatic hydroxyl groups excluding tert-OH is 1. The quantitative estimate of drug-likeness (QED) is 0.399. The molecule has 3 rings (SSSR count). The van der Waals surface area contributed by atoms with Crippen LogP contribution in [-0.2, 0) is 9.59 Å². The van der Waals surface area contributed by atoms with Crippen molar-refractivity contribution in [3.63, 3.8) is 0 Å². The van der Waals surface area contributed by atoms with Crippen molar-refractivity contribution >= 4 is 17.4 Å². The summed E-state index contributed by atoms with van der Waals surface area (Å²) < 4.78 is 10.5. The van der Waals surface area contributed by atoms with E-state index in [9.17, 15) is 14.7 Å². The molecular weight excluding hydrogens is 396 g/mol. The summed E-state index contributed by atoms with van der Waals surface area (Å²) in [6.07, 6.45) is 0.700. The Bertz CT molecular complexity index is 982. The molecule has 0 bridgehead atoms. The maximum atomic E-state index is 13.0. The summed E-state index contributed by atoms with van der Waals surface area (Å²) in [5, 5.41) is 11.1. The minimum Gasteiger partial charge on any atom is -0.507 e. The van der Waals surface area contributed by atoms with E-state index in [1.165, 1.54) is 7.11 Å². The van der Waals surface area contributed by atoms with Crippen LogP contribution in [-0.4, -0.2) is 68.0 Å². The molecule has 1 amide bonds. The van der Waals surface area contributed by atoms with Crippen LogP contribution in [0.25, 0.3) is 5.76 Å². The van der Waals surface area contributed by atoms with E-state index in [0.717, 1.165) is 12.1 Å². The van der Waals surface area contributed by atoms with Gasteiger partial charge in [0.2, 0.25) is 0 Å². The number of benzene rings is 2. The van der Waals surface area contributed by atoms with Gasteiger partial charge in [-0.25, -0.2) is 0 Å². The Morgan fingerprint density at radius 1 is 1.03 bits per heavy atom. The summed E-state index contributed by atoms with van der Waals surface area (Å²) in [5.41, 5.74) is 1.23. The fourth-order valence-electron chi connectivity index (χ4n) is 3.73. The smallest absolute Gasteiger partial charge is 0.295 e. The van der Waals surface area contributed by atoms with Crippen LogP contribution >= 0.6 is 0 Å². The van der Waals surface area contributed by atoms with Crippen molar-refractivity contribution in [2.45, 2.75) is 12.5 Å². The van der Waals surface area contributed by atoms with Crippen molar-refractivity contribution in [1.82, 2.24) is 9.80 Å². The average molecular weight is 424 g/mol. The molecule has 1 aliphatic rings. The van der Waals surface area contributed by atoms with Crippen molar-refractivity contribution in [2.24, 2.45) is 0 Å². The van der Waals surface area contributed by atoms with E-state index >= 15 is 0 Å². The van der Waals surface area contributed by atoms with Crippen LogP contribution in [0.4, 0.5) is 0 Å². The number of rotatable bonds is 8. The van der Waals surface area contributed by atoms with Gasteiger partial charge in [-0.05, 0) is 56.9 Å². The predicted molar refractivity (Wildman–Crippen MR) is 118 cm³/mol. The molecule has 164 valence electrons. The first kappa shape index (κ1) is 22.4. The molecule has 1 heterocycles. The number of Topliss-reactive ketones (excluding diaryl/α,β-unsaturated/α-hetero) is 1. The highest BCUT2D eigenvalue weighted by Gasteiger charge is 2.45. The van der Waals surface area contributed by atoms with Crippen LogP contribution in [0.5, 0.6) is 11.5 Å². The van der Waals surface area contributed by atoms with E-state index in [2.05, 4.69) is 0 Å². The molecule has 0 spiro atoms. The fraction of sp³-hybridized carbons (Fsp3) is 0.333. The first-order chi connectivity index (χ1) is 14.9. The number of methoxy groups -OCH3 is 2. The first-order valence-electron chi connectivity index (χ1n) is 10.1. The van der Waals surface area contributed by atoms with Gasteiger partial charge in [-0.2, -0.15) is 0 Å². The summed E-state index contributed by atoms with van der Waals surface area (Å²) >= 11 is 0. The second kappa shape index (κ2) is 9.66. The van der Waals surface area contributed by atoms with Gasteiger partial charge in [0.1, 0.15) is 17.3 Å². The van der Waals surface area contributed by atoms with Gasteiger partial charge in [0.25, 0.3) is 11.7 Å². The lowest BCUT2D eigenvalue weighted by atomic mass is 9.95.